The number of fused-ring (bicyclic) bond motifs is 2. The van der Waals surface area contributed by atoms with Gasteiger partial charge in [0.25, 0.3) is 0 Å². The molecule has 4 heteroatoms. The van der Waals surface area contributed by atoms with Crippen LogP contribution in [0.3, 0.4) is 0 Å². The second-order valence-electron chi connectivity index (χ2n) is 4.18. The summed E-state index contributed by atoms with van der Waals surface area (Å²) < 4.78 is 11.9. The molecule has 0 amide bonds. The van der Waals surface area contributed by atoms with Crippen LogP contribution in [-0.4, -0.2) is 12.2 Å². The zero-order valence-electron chi connectivity index (χ0n) is 10.2. The minimum absolute atomic E-state index is 0.158. The van der Waals surface area contributed by atoms with E-state index in [-0.39, 0.29) is 5.76 Å². The zero-order chi connectivity index (χ0) is 13.4. The molecule has 2 aromatic rings. The van der Waals surface area contributed by atoms with E-state index < -0.39 is 0 Å². The summed E-state index contributed by atoms with van der Waals surface area (Å²) in [6.45, 7) is 0. The summed E-state index contributed by atoms with van der Waals surface area (Å²) in [5, 5.41) is 10.2. The third-order valence-electron chi connectivity index (χ3n) is 2.95. The van der Waals surface area contributed by atoms with Crippen molar-refractivity contribution in [2.24, 2.45) is 0 Å². The molecule has 0 bridgehead atoms. The number of aliphatic hydroxyl groups excluding tert-OH is 1. The normalized spacial score (nSPS) is 12.6. The molecular formula is C15H11BrO3. The molecule has 96 valence electrons. The van der Waals surface area contributed by atoms with Crippen LogP contribution in [0, 0.1) is 0 Å². The maximum Gasteiger partial charge on any atom is 0.138 e. The number of hydrogen-bond donors (Lipinski definition) is 1. The molecule has 0 aliphatic carbocycles. The van der Waals surface area contributed by atoms with E-state index in [0.717, 1.165) is 10.0 Å². The van der Waals surface area contributed by atoms with Gasteiger partial charge in [0, 0.05) is 10.0 Å². The smallest absolute Gasteiger partial charge is 0.138 e. The Hall–Kier alpha value is -1.94. The standard InChI is InChI=1S/C15H11BrO3/c1-18-11-3-5-15-12(8-11)13(17)7-9-6-10(16)2-4-14(9)19-15/h2-8,17H,1H3. The highest BCUT2D eigenvalue weighted by Crippen LogP contribution is 2.39. The summed E-state index contributed by atoms with van der Waals surface area (Å²) in [5.74, 6) is 2.15. The Labute approximate surface area is 119 Å². The van der Waals surface area contributed by atoms with Crippen LogP contribution in [0.4, 0.5) is 0 Å². The number of rotatable bonds is 1. The molecule has 1 N–H and O–H groups in total. The molecule has 1 heterocycles. The van der Waals surface area contributed by atoms with E-state index in [2.05, 4.69) is 15.9 Å². The van der Waals surface area contributed by atoms with Crippen molar-refractivity contribution in [3.05, 3.63) is 52.0 Å². The maximum absolute atomic E-state index is 10.2. The first-order chi connectivity index (χ1) is 9.17. The fraction of sp³-hybridized carbons (Fsp3) is 0.0667. The van der Waals surface area contributed by atoms with Crippen molar-refractivity contribution in [3.63, 3.8) is 0 Å². The van der Waals surface area contributed by atoms with Gasteiger partial charge < -0.3 is 14.6 Å². The zero-order valence-corrected chi connectivity index (χ0v) is 11.8. The molecule has 0 fully saturated rings. The van der Waals surface area contributed by atoms with Crippen LogP contribution in [0.25, 0.3) is 11.8 Å². The highest BCUT2D eigenvalue weighted by Gasteiger charge is 2.17. The van der Waals surface area contributed by atoms with Gasteiger partial charge in [-0.05, 0) is 42.5 Å². The second-order valence-corrected chi connectivity index (χ2v) is 5.09. The van der Waals surface area contributed by atoms with Crippen molar-refractivity contribution in [3.8, 4) is 17.2 Å². The van der Waals surface area contributed by atoms with Gasteiger partial charge in [-0.1, -0.05) is 15.9 Å². The fourth-order valence-corrected chi connectivity index (χ4v) is 2.37. The summed E-state index contributed by atoms with van der Waals surface area (Å²) in [4.78, 5) is 0. The van der Waals surface area contributed by atoms with E-state index in [1.807, 2.05) is 18.2 Å². The summed E-state index contributed by atoms with van der Waals surface area (Å²) in [6, 6.07) is 11.0. The predicted molar refractivity (Wildman–Crippen MR) is 77.7 cm³/mol. The molecular weight excluding hydrogens is 308 g/mol. The average molecular weight is 319 g/mol. The van der Waals surface area contributed by atoms with Crippen molar-refractivity contribution < 1.29 is 14.6 Å². The lowest BCUT2D eigenvalue weighted by Crippen LogP contribution is -1.91. The van der Waals surface area contributed by atoms with Crippen molar-refractivity contribution in [1.29, 1.82) is 0 Å². The quantitative estimate of drug-likeness (QED) is 0.833. The van der Waals surface area contributed by atoms with E-state index in [9.17, 15) is 5.11 Å². The lowest BCUT2D eigenvalue weighted by atomic mass is 10.1. The van der Waals surface area contributed by atoms with E-state index in [4.69, 9.17) is 9.47 Å². The van der Waals surface area contributed by atoms with Crippen molar-refractivity contribution in [2.45, 2.75) is 0 Å². The monoisotopic (exact) mass is 318 g/mol. The number of halogens is 1. The largest absolute Gasteiger partial charge is 0.507 e. The molecule has 0 unspecified atom stereocenters. The molecule has 3 nitrogen and oxygen atoms in total. The van der Waals surface area contributed by atoms with Crippen LogP contribution in [0.15, 0.2) is 40.9 Å². The Morgan fingerprint density at radius 1 is 1.11 bits per heavy atom. The Balaban J connectivity index is 2.18. The number of benzene rings is 2. The molecule has 0 atom stereocenters. The molecule has 0 saturated heterocycles. The summed E-state index contributed by atoms with van der Waals surface area (Å²) in [5.41, 5.74) is 1.44. The van der Waals surface area contributed by atoms with Gasteiger partial charge in [-0.15, -0.1) is 0 Å². The van der Waals surface area contributed by atoms with Crippen LogP contribution in [0.5, 0.6) is 17.2 Å². The van der Waals surface area contributed by atoms with Crippen LogP contribution in [0.2, 0.25) is 0 Å². The molecule has 3 rings (SSSR count). The molecule has 2 aromatic carbocycles. The summed E-state index contributed by atoms with van der Waals surface area (Å²) in [6.07, 6.45) is 1.69. The molecule has 1 aliphatic heterocycles. The summed E-state index contributed by atoms with van der Waals surface area (Å²) in [7, 11) is 1.59. The second kappa shape index (κ2) is 4.63. The molecule has 1 aliphatic rings. The highest BCUT2D eigenvalue weighted by molar-refractivity contribution is 9.10. The maximum atomic E-state index is 10.2. The van der Waals surface area contributed by atoms with Gasteiger partial charge in [0.2, 0.25) is 0 Å². The van der Waals surface area contributed by atoms with Crippen molar-refractivity contribution in [1.82, 2.24) is 0 Å². The Morgan fingerprint density at radius 3 is 2.68 bits per heavy atom. The van der Waals surface area contributed by atoms with E-state index in [1.54, 1.807) is 31.4 Å². The van der Waals surface area contributed by atoms with Gasteiger partial charge in [-0.2, -0.15) is 0 Å². The van der Waals surface area contributed by atoms with Crippen molar-refractivity contribution in [2.75, 3.05) is 7.11 Å². The van der Waals surface area contributed by atoms with Crippen molar-refractivity contribution >= 4 is 27.8 Å². The first-order valence-corrected chi connectivity index (χ1v) is 6.53. The minimum Gasteiger partial charge on any atom is -0.507 e. The van der Waals surface area contributed by atoms with Crippen LogP contribution < -0.4 is 9.47 Å². The minimum atomic E-state index is 0.158. The van der Waals surface area contributed by atoms with Crippen LogP contribution in [-0.2, 0) is 0 Å². The first kappa shape index (κ1) is 12.1. The van der Waals surface area contributed by atoms with Crippen LogP contribution in [0.1, 0.15) is 11.1 Å². The van der Waals surface area contributed by atoms with Gasteiger partial charge >= 0.3 is 0 Å². The van der Waals surface area contributed by atoms with Crippen LogP contribution >= 0.6 is 15.9 Å². The van der Waals surface area contributed by atoms with Gasteiger partial charge in [0.15, 0.2) is 0 Å². The molecule has 0 saturated carbocycles. The number of aliphatic hydroxyl groups is 1. The number of ether oxygens (including phenoxy) is 2. The third-order valence-corrected chi connectivity index (χ3v) is 3.44. The SMILES string of the molecule is COc1ccc2c(c1)C(O)=Cc1cc(Br)ccc1O2. The Bertz CT molecular complexity index is 677. The van der Waals surface area contributed by atoms with Gasteiger partial charge in [0.1, 0.15) is 23.0 Å². The molecule has 0 spiro atoms. The van der Waals surface area contributed by atoms with Gasteiger partial charge in [0.05, 0.1) is 12.7 Å². The Morgan fingerprint density at radius 2 is 1.89 bits per heavy atom. The molecule has 0 aromatic heterocycles. The lowest BCUT2D eigenvalue weighted by Gasteiger charge is -2.10. The number of methoxy groups -OCH3 is 1. The van der Waals surface area contributed by atoms with Gasteiger partial charge in [-0.25, -0.2) is 0 Å². The molecule has 0 radical (unpaired) electrons. The Kier molecular flexibility index (Phi) is 2.95. The fourth-order valence-electron chi connectivity index (χ4n) is 1.99. The van der Waals surface area contributed by atoms with E-state index in [0.29, 0.717) is 22.8 Å². The van der Waals surface area contributed by atoms with E-state index in [1.165, 1.54) is 0 Å². The molecule has 19 heavy (non-hydrogen) atoms. The highest BCUT2D eigenvalue weighted by atomic mass is 79.9. The van der Waals surface area contributed by atoms with Gasteiger partial charge in [-0.3, -0.25) is 0 Å². The topological polar surface area (TPSA) is 38.7 Å². The third kappa shape index (κ3) is 2.19. The lowest BCUT2D eigenvalue weighted by molar-refractivity contribution is 0.411. The predicted octanol–water partition coefficient (Wildman–Crippen LogP) is 4.62. The van der Waals surface area contributed by atoms with E-state index >= 15 is 0 Å². The average Bonchev–Trinajstić information content (AvgIpc) is 2.54. The first-order valence-electron chi connectivity index (χ1n) is 5.74. The summed E-state index contributed by atoms with van der Waals surface area (Å²) >= 11 is 3.41. The number of hydrogen-bond acceptors (Lipinski definition) is 3.